The first-order chi connectivity index (χ1) is 14.8. The van der Waals surface area contributed by atoms with Gasteiger partial charge in [-0.05, 0) is 74.1 Å². The minimum Gasteiger partial charge on any atom is -0.496 e. The number of hydrogen-bond acceptors (Lipinski definition) is 4. The van der Waals surface area contributed by atoms with Gasteiger partial charge in [-0.15, -0.1) is 0 Å². The maximum absolute atomic E-state index is 13.0. The van der Waals surface area contributed by atoms with Gasteiger partial charge in [-0.25, -0.2) is 8.42 Å². The number of anilines is 1. The average molecular weight is 445 g/mol. The van der Waals surface area contributed by atoms with E-state index in [0.717, 1.165) is 30.5 Å². The zero-order chi connectivity index (χ0) is 22.4. The lowest BCUT2D eigenvalue weighted by atomic mass is 9.97. The Morgan fingerprint density at radius 2 is 1.81 bits per heavy atom. The van der Waals surface area contributed by atoms with Crippen LogP contribution in [-0.4, -0.2) is 38.8 Å². The van der Waals surface area contributed by atoms with Crippen molar-refractivity contribution in [2.75, 3.05) is 25.5 Å². The number of benzene rings is 2. The molecule has 1 aliphatic heterocycles. The molecule has 0 radical (unpaired) electrons. The Balaban J connectivity index is 1.57. The summed E-state index contributed by atoms with van der Waals surface area (Å²) in [5.41, 5.74) is 2.83. The Labute approximate surface area is 185 Å². The molecule has 31 heavy (non-hydrogen) atoms. The summed E-state index contributed by atoms with van der Waals surface area (Å²) in [6, 6.07) is 12.9. The molecule has 0 spiro atoms. The fourth-order valence-corrected chi connectivity index (χ4v) is 5.45. The molecule has 3 rings (SSSR count). The highest BCUT2D eigenvalue weighted by atomic mass is 32.2. The fourth-order valence-electron chi connectivity index (χ4n) is 3.90. The lowest BCUT2D eigenvalue weighted by molar-refractivity contribution is -0.120. The van der Waals surface area contributed by atoms with Crippen LogP contribution in [0.15, 0.2) is 47.4 Å². The van der Waals surface area contributed by atoms with Gasteiger partial charge in [0.15, 0.2) is 0 Å². The molecule has 0 bridgehead atoms. The number of nitrogens with one attached hydrogen (secondary N) is 1. The largest absolute Gasteiger partial charge is 0.496 e. The molecule has 168 valence electrons. The van der Waals surface area contributed by atoms with Crippen LogP contribution in [0.4, 0.5) is 5.69 Å². The number of carbonyl (C=O) groups excluding carboxylic acids is 1. The van der Waals surface area contributed by atoms with Gasteiger partial charge < -0.3 is 10.1 Å². The van der Waals surface area contributed by atoms with Crippen molar-refractivity contribution in [1.82, 2.24) is 4.31 Å². The van der Waals surface area contributed by atoms with Crippen molar-refractivity contribution in [3.05, 3.63) is 53.6 Å². The van der Waals surface area contributed by atoms with E-state index in [9.17, 15) is 13.2 Å². The van der Waals surface area contributed by atoms with Crippen LogP contribution >= 0.6 is 0 Å². The second kappa shape index (κ2) is 10.3. The predicted molar refractivity (Wildman–Crippen MR) is 123 cm³/mol. The van der Waals surface area contributed by atoms with Gasteiger partial charge >= 0.3 is 0 Å². The maximum Gasteiger partial charge on any atom is 0.243 e. The van der Waals surface area contributed by atoms with Gasteiger partial charge in [0.2, 0.25) is 15.9 Å². The van der Waals surface area contributed by atoms with Crippen LogP contribution < -0.4 is 10.1 Å². The Morgan fingerprint density at radius 3 is 2.39 bits per heavy atom. The number of amides is 1. The third kappa shape index (κ3) is 5.66. The van der Waals surface area contributed by atoms with E-state index in [2.05, 4.69) is 24.4 Å². The van der Waals surface area contributed by atoms with E-state index in [0.29, 0.717) is 31.7 Å². The van der Waals surface area contributed by atoms with E-state index in [1.54, 1.807) is 25.3 Å². The smallest absolute Gasteiger partial charge is 0.243 e. The summed E-state index contributed by atoms with van der Waals surface area (Å²) in [5, 5.41) is 2.98. The quantitative estimate of drug-likeness (QED) is 0.655. The van der Waals surface area contributed by atoms with Crippen LogP contribution in [0.2, 0.25) is 0 Å². The highest BCUT2D eigenvalue weighted by Crippen LogP contribution is 2.27. The number of ether oxygens (including phenoxy) is 1. The molecule has 0 saturated carbocycles. The summed E-state index contributed by atoms with van der Waals surface area (Å²) >= 11 is 0. The molecule has 1 fully saturated rings. The summed E-state index contributed by atoms with van der Waals surface area (Å²) in [6.45, 7) is 4.66. The molecule has 1 amide bonds. The molecule has 7 heteroatoms. The van der Waals surface area contributed by atoms with Crippen LogP contribution in [0.25, 0.3) is 0 Å². The highest BCUT2D eigenvalue weighted by Gasteiger charge is 2.32. The fraction of sp³-hybridized carbons (Fsp3) is 0.458. The molecular formula is C24H32N2O4S. The van der Waals surface area contributed by atoms with E-state index in [1.807, 2.05) is 19.1 Å². The third-order valence-corrected chi connectivity index (χ3v) is 7.76. The van der Waals surface area contributed by atoms with Gasteiger partial charge in [0.25, 0.3) is 0 Å². The van der Waals surface area contributed by atoms with Crippen LogP contribution in [-0.2, 0) is 21.2 Å². The van der Waals surface area contributed by atoms with Crippen molar-refractivity contribution < 1.29 is 17.9 Å². The number of carbonyl (C=O) groups is 1. The molecule has 0 aliphatic carbocycles. The topological polar surface area (TPSA) is 75.7 Å². The molecule has 6 nitrogen and oxygen atoms in total. The molecule has 2 aromatic rings. The van der Waals surface area contributed by atoms with Crippen LogP contribution in [0.1, 0.15) is 43.7 Å². The molecule has 1 heterocycles. The van der Waals surface area contributed by atoms with Crippen molar-refractivity contribution in [1.29, 1.82) is 0 Å². The lowest BCUT2D eigenvalue weighted by Gasteiger charge is -2.30. The minimum absolute atomic E-state index is 0.0429. The molecule has 0 unspecified atom stereocenters. The zero-order valence-electron chi connectivity index (χ0n) is 18.6. The summed E-state index contributed by atoms with van der Waals surface area (Å²) in [7, 11) is -2.02. The number of unbranched alkanes of at least 4 members (excludes halogenated alkanes) is 1. The second-order valence-corrected chi connectivity index (χ2v) is 10.0. The first kappa shape index (κ1) is 23.3. The van der Waals surface area contributed by atoms with Crippen molar-refractivity contribution >= 4 is 21.6 Å². The number of aryl methyl sites for hydroxylation is 2. The van der Waals surface area contributed by atoms with Gasteiger partial charge in [-0.2, -0.15) is 4.31 Å². The Bertz CT molecular complexity index is 995. The molecule has 1 N–H and O–H groups in total. The summed E-state index contributed by atoms with van der Waals surface area (Å²) in [4.78, 5) is 12.9. The monoisotopic (exact) mass is 444 g/mol. The van der Waals surface area contributed by atoms with Crippen molar-refractivity contribution in [2.45, 2.75) is 50.8 Å². The van der Waals surface area contributed by atoms with Crippen molar-refractivity contribution in [3.8, 4) is 5.75 Å². The highest BCUT2D eigenvalue weighted by molar-refractivity contribution is 7.89. The normalized spacial score (nSPS) is 15.6. The minimum atomic E-state index is -3.58. The zero-order valence-corrected chi connectivity index (χ0v) is 19.4. The van der Waals surface area contributed by atoms with E-state index in [1.165, 1.54) is 9.87 Å². The summed E-state index contributed by atoms with van der Waals surface area (Å²) in [5.74, 6) is 0.426. The summed E-state index contributed by atoms with van der Waals surface area (Å²) in [6.07, 6.45) is 4.38. The Kier molecular flexibility index (Phi) is 7.73. The molecular weight excluding hydrogens is 412 g/mol. The molecule has 1 aliphatic rings. The van der Waals surface area contributed by atoms with Gasteiger partial charge in [0, 0.05) is 24.7 Å². The molecule has 0 aromatic heterocycles. The number of rotatable bonds is 8. The first-order valence-corrected chi connectivity index (χ1v) is 12.3. The number of hydrogen-bond donors (Lipinski definition) is 1. The molecule has 1 saturated heterocycles. The van der Waals surface area contributed by atoms with E-state index >= 15 is 0 Å². The number of sulfonamides is 1. The Hall–Kier alpha value is -2.38. The predicted octanol–water partition coefficient (Wildman–Crippen LogP) is 4.39. The van der Waals surface area contributed by atoms with Crippen LogP contribution in [0, 0.1) is 12.8 Å². The third-order valence-electron chi connectivity index (χ3n) is 5.87. The first-order valence-electron chi connectivity index (χ1n) is 10.9. The van der Waals surface area contributed by atoms with E-state index in [4.69, 9.17) is 4.74 Å². The van der Waals surface area contributed by atoms with Crippen LogP contribution in [0.5, 0.6) is 5.75 Å². The number of methoxy groups -OCH3 is 1. The van der Waals surface area contributed by atoms with Gasteiger partial charge in [-0.3, -0.25) is 4.79 Å². The number of nitrogens with zero attached hydrogens (tertiary/aromatic N) is 1. The average Bonchev–Trinajstić information content (AvgIpc) is 2.78. The van der Waals surface area contributed by atoms with Crippen molar-refractivity contribution in [3.63, 3.8) is 0 Å². The van der Waals surface area contributed by atoms with Crippen molar-refractivity contribution in [2.24, 2.45) is 5.92 Å². The van der Waals surface area contributed by atoms with E-state index in [-0.39, 0.29) is 16.7 Å². The van der Waals surface area contributed by atoms with Gasteiger partial charge in [-0.1, -0.05) is 25.5 Å². The summed E-state index contributed by atoms with van der Waals surface area (Å²) < 4.78 is 32.7. The maximum atomic E-state index is 13.0. The second-order valence-electron chi connectivity index (χ2n) is 8.10. The standard InChI is InChI=1S/C24H32N2O4S/c1-4-5-6-19-7-9-21(10-8-19)25-24(27)20-13-15-26(16-14-20)31(28,29)22-11-12-23(30-3)18(2)17-22/h7-12,17,20H,4-6,13-16H2,1-3H3,(H,25,27). The van der Waals surface area contributed by atoms with E-state index < -0.39 is 10.0 Å². The SMILES string of the molecule is CCCCc1ccc(NC(=O)C2CCN(S(=O)(=O)c3ccc(OC)c(C)c3)CC2)cc1. The molecule has 2 aromatic carbocycles. The van der Waals surface area contributed by atoms with Gasteiger partial charge in [0.05, 0.1) is 12.0 Å². The number of piperidine rings is 1. The van der Waals surface area contributed by atoms with Gasteiger partial charge in [0.1, 0.15) is 5.75 Å². The van der Waals surface area contributed by atoms with Crippen LogP contribution in [0.3, 0.4) is 0 Å². The Morgan fingerprint density at radius 1 is 1.13 bits per heavy atom. The lowest BCUT2D eigenvalue weighted by Crippen LogP contribution is -2.41. The molecule has 0 atom stereocenters.